The van der Waals surface area contributed by atoms with Gasteiger partial charge in [-0.05, 0) is 24.6 Å². The molecule has 0 spiro atoms. The molecule has 0 bridgehead atoms. The van der Waals surface area contributed by atoms with Crippen molar-refractivity contribution in [3.63, 3.8) is 0 Å². The van der Waals surface area contributed by atoms with Crippen LogP contribution in [-0.4, -0.2) is 38.1 Å². The summed E-state index contributed by atoms with van der Waals surface area (Å²) in [4.78, 5) is 13.7. The zero-order valence-electron chi connectivity index (χ0n) is 9.53. The monoisotopic (exact) mass is 221 g/mol. The lowest BCUT2D eigenvalue weighted by molar-refractivity contribution is 0.0651. The lowest BCUT2D eigenvalue weighted by atomic mass is 10.1. The summed E-state index contributed by atoms with van der Waals surface area (Å²) >= 11 is 0. The van der Waals surface area contributed by atoms with E-state index in [1.165, 1.54) is 0 Å². The molecule has 1 aliphatic rings. The molecular weight excluding hydrogens is 206 g/mol. The number of likely N-dealkylation sites (tertiary alicyclic amines) is 1. The van der Waals surface area contributed by atoms with E-state index in [0.717, 1.165) is 19.5 Å². The van der Waals surface area contributed by atoms with Gasteiger partial charge in [-0.25, -0.2) is 0 Å². The Morgan fingerprint density at radius 1 is 1.19 bits per heavy atom. The molecule has 0 N–H and O–H groups in total. The molecule has 0 unspecified atom stereocenters. The van der Waals surface area contributed by atoms with Crippen LogP contribution in [0.15, 0.2) is 18.2 Å². The van der Waals surface area contributed by atoms with Crippen LogP contribution in [0.3, 0.4) is 0 Å². The average Bonchev–Trinajstić information content (AvgIpc) is 2.25. The van der Waals surface area contributed by atoms with Crippen LogP contribution in [0.25, 0.3) is 0 Å². The Balaban J connectivity index is 2.24. The molecule has 1 saturated heterocycles. The van der Waals surface area contributed by atoms with Gasteiger partial charge in [0.15, 0.2) is 11.5 Å². The van der Waals surface area contributed by atoms with Gasteiger partial charge in [0.2, 0.25) is 0 Å². The molecule has 2 rings (SSSR count). The molecule has 0 saturated carbocycles. The largest absolute Gasteiger partial charge is 0.493 e. The molecule has 0 radical (unpaired) electrons. The summed E-state index contributed by atoms with van der Waals surface area (Å²) in [6.07, 6.45) is 1.10. The van der Waals surface area contributed by atoms with Gasteiger partial charge < -0.3 is 14.4 Å². The summed E-state index contributed by atoms with van der Waals surface area (Å²) in [5, 5.41) is 0. The van der Waals surface area contributed by atoms with Crippen molar-refractivity contribution < 1.29 is 14.3 Å². The Morgan fingerprint density at radius 2 is 1.88 bits per heavy atom. The number of ether oxygens (including phenoxy) is 2. The summed E-state index contributed by atoms with van der Waals surface area (Å²) in [5.41, 5.74) is 0.650. The predicted octanol–water partition coefficient (Wildman–Crippen LogP) is 1.55. The Hall–Kier alpha value is -1.71. The van der Waals surface area contributed by atoms with Crippen molar-refractivity contribution in [3.05, 3.63) is 23.8 Å². The van der Waals surface area contributed by atoms with E-state index in [9.17, 15) is 4.79 Å². The van der Waals surface area contributed by atoms with Gasteiger partial charge in [0.1, 0.15) is 0 Å². The van der Waals surface area contributed by atoms with E-state index in [0.29, 0.717) is 17.1 Å². The molecule has 0 aromatic heterocycles. The smallest absolute Gasteiger partial charge is 0.253 e. The summed E-state index contributed by atoms with van der Waals surface area (Å²) in [7, 11) is 3.14. The second-order valence-corrected chi connectivity index (χ2v) is 3.72. The number of nitrogens with zero attached hydrogens (tertiary/aromatic N) is 1. The predicted molar refractivity (Wildman–Crippen MR) is 60.1 cm³/mol. The van der Waals surface area contributed by atoms with Crippen molar-refractivity contribution >= 4 is 5.91 Å². The van der Waals surface area contributed by atoms with Crippen LogP contribution in [0.5, 0.6) is 11.5 Å². The van der Waals surface area contributed by atoms with Gasteiger partial charge in [-0.1, -0.05) is 0 Å². The Labute approximate surface area is 94.8 Å². The van der Waals surface area contributed by atoms with Gasteiger partial charge in [-0.3, -0.25) is 4.79 Å². The highest BCUT2D eigenvalue weighted by molar-refractivity contribution is 5.95. The average molecular weight is 221 g/mol. The molecule has 1 aromatic carbocycles. The maximum Gasteiger partial charge on any atom is 0.253 e. The Morgan fingerprint density at radius 3 is 2.38 bits per heavy atom. The van der Waals surface area contributed by atoms with Crippen molar-refractivity contribution in [1.29, 1.82) is 0 Å². The molecular formula is C12H15NO3. The standard InChI is InChI=1S/C12H15NO3/c1-15-10-5-4-9(8-11(10)16-2)12(14)13-6-3-7-13/h4-5,8H,3,6-7H2,1-2H3. The topological polar surface area (TPSA) is 38.8 Å². The molecule has 1 fully saturated rings. The highest BCUT2D eigenvalue weighted by Crippen LogP contribution is 2.28. The Kier molecular flexibility index (Phi) is 2.99. The summed E-state index contributed by atoms with van der Waals surface area (Å²) in [6, 6.07) is 5.24. The maximum absolute atomic E-state index is 11.9. The first-order valence-corrected chi connectivity index (χ1v) is 5.27. The molecule has 86 valence electrons. The number of methoxy groups -OCH3 is 2. The van der Waals surface area contributed by atoms with Gasteiger partial charge >= 0.3 is 0 Å². The molecule has 4 heteroatoms. The number of benzene rings is 1. The van der Waals surface area contributed by atoms with Gasteiger partial charge in [0, 0.05) is 18.7 Å². The lowest BCUT2D eigenvalue weighted by Crippen LogP contribution is -2.41. The second kappa shape index (κ2) is 4.43. The van der Waals surface area contributed by atoms with E-state index in [1.54, 1.807) is 32.4 Å². The fourth-order valence-electron chi connectivity index (χ4n) is 1.67. The number of hydrogen-bond donors (Lipinski definition) is 0. The maximum atomic E-state index is 11.9. The molecule has 0 atom stereocenters. The number of carbonyl (C=O) groups excluding carboxylic acids is 1. The zero-order valence-corrected chi connectivity index (χ0v) is 9.53. The first kappa shape index (κ1) is 10.8. The van der Waals surface area contributed by atoms with Gasteiger partial charge in [0.25, 0.3) is 5.91 Å². The quantitative estimate of drug-likeness (QED) is 0.777. The number of rotatable bonds is 3. The van der Waals surface area contributed by atoms with Gasteiger partial charge in [-0.15, -0.1) is 0 Å². The summed E-state index contributed by atoms with van der Waals surface area (Å²) in [5.74, 6) is 1.30. The fourth-order valence-corrected chi connectivity index (χ4v) is 1.67. The molecule has 4 nitrogen and oxygen atoms in total. The van der Waals surface area contributed by atoms with Crippen LogP contribution in [0.1, 0.15) is 16.8 Å². The minimum absolute atomic E-state index is 0.0622. The first-order chi connectivity index (χ1) is 7.76. The lowest BCUT2D eigenvalue weighted by Gasteiger charge is -2.31. The van der Waals surface area contributed by atoms with E-state index in [-0.39, 0.29) is 5.91 Å². The van der Waals surface area contributed by atoms with Gasteiger partial charge in [-0.2, -0.15) is 0 Å². The SMILES string of the molecule is COc1ccc(C(=O)N2CCC2)cc1OC. The van der Waals surface area contributed by atoms with Crippen LogP contribution in [-0.2, 0) is 0 Å². The highest BCUT2D eigenvalue weighted by Gasteiger charge is 2.22. The highest BCUT2D eigenvalue weighted by atomic mass is 16.5. The summed E-state index contributed by atoms with van der Waals surface area (Å²) < 4.78 is 10.3. The van der Waals surface area contributed by atoms with Crippen molar-refractivity contribution in [2.24, 2.45) is 0 Å². The van der Waals surface area contributed by atoms with Crippen LogP contribution in [0.2, 0.25) is 0 Å². The third-order valence-corrected chi connectivity index (χ3v) is 2.77. The van der Waals surface area contributed by atoms with Crippen LogP contribution in [0, 0.1) is 0 Å². The first-order valence-electron chi connectivity index (χ1n) is 5.27. The molecule has 1 aromatic rings. The molecule has 1 aliphatic heterocycles. The van der Waals surface area contributed by atoms with Crippen molar-refractivity contribution in [1.82, 2.24) is 4.90 Å². The van der Waals surface area contributed by atoms with Crippen molar-refractivity contribution in [2.75, 3.05) is 27.3 Å². The zero-order chi connectivity index (χ0) is 11.5. The molecule has 0 aliphatic carbocycles. The van der Waals surface area contributed by atoms with E-state index < -0.39 is 0 Å². The van der Waals surface area contributed by atoms with Gasteiger partial charge in [0.05, 0.1) is 14.2 Å². The van der Waals surface area contributed by atoms with Crippen LogP contribution < -0.4 is 9.47 Å². The van der Waals surface area contributed by atoms with Crippen molar-refractivity contribution in [3.8, 4) is 11.5 Å². The van der Waals surface area contributed by atoms with E-state index in [2.05, 4.69) is 0 Å². The van der Waals surface area contributed by atoms with Crippen LogP contribution >= 0.6 is 0 Å². The molecule has 1 heterocycles. The Bertz CT molecular complexity index is 399. The molecule has 1 amide bonds. The number of hydrogen-bond acceptors (Lipinski definition) is 3. The second-order valence-electron chi connectivity index (χ2n) is 3.72. The number of amides is 1. The van der Waals surface area contributed by atoms with E-state index in [4.69, 9.17) is 9.47 Å². The van der Waals surface area contributed by atoms with E-state index in [1.807, 2.05) is 4.90 Å². The summed E-state index contributed by atoms with van der Waals surface area (Å²) in [6.45, 7) is 1.71. The number of carbonyl (C=O) groups is 1. The minimum Gasteiger partial charge on any atom is -0.493 e. The normalized spacial score (nSPS) is 14.2. The fraction of sp³-hybridized carbons (Fsp3) is 0.417. The third-order valence-electron chi connectivity index (χ3n) is 2.77. The van der Waals surface area contributed by atoms with Crippen molar-refractivity contribution in [2.45, 2.75) is 6.42 Å². The van der Waals surface area contributed by atoms with Crippen LogP contribution in [0.4, 0.5) is 0 Å². The third kappa shape index (κ3) is 1.83. The van der Waals surface area contributed by atoms with E-state index >= 15 is 0 Å². The minimum atomic E-state index is 0.0622. The molecule has 16 heavy (non-hydrogen) atoms.